The SMILES string of the molecule is O=C1N(c2ccccc2)C(=O)C(F)(F)C(F)(F)C1(F)F. The average molecular weight is 297 g/mol. The molecule has 1 aromatic carbocycles. The van der Waals surface area contributed by atoms with Crippen LogP contribution in [-0.4, -0.2) is 29.6 Å². The van der Waals surface area contributed by atoms with E-state index in [-0.39, 0.29) is 0 Å². The van der Waals surface area contributed by atoms with E-state index < -0.39 is 40.2 Å². The molecule has 0 saturated carbocycles. The molecule has 0 N–H and O–H groups in total. The van der Waals surface area contributed by atoms with Crippen molar-refractivity contribution in [1.29, 1.82) is 0 Å². The van der Waals surface area contributed by atoms with Crippen molar-refractivity contribution in [3.63, 3.8) is 0 Å². The van der Waals surface area contributed by atoms with E-state index in [0.29, 0.717) is 0 Å². The zero-order valence-electron chi connectivity index (χ0n) is 9.42. The zero-order chi connectivity index (χ0) is 15.3. The maximum atomic E-state index is 13.2. The van der Waals surface area contributed by atoms with Gasteiger partial charge in [0.1, 0.15) is 0 Å². The van der Waals surface area contributed by atoms with Crippen LogP contribution < -0.4 is 4.90 Å². The minimum absolute atomic E-state index is 0.628. The van der Waals surface area contributed by atoms with Crippen LogP contribution in [0.2, 0.25) is 0 Å². The lowest BCUT2D eigenvalue weighted by molar-refractivity contribution is -0.292. The van der Waals surface area contributed by atoms with Gasteiger partial charge < -0.3 is 0 Å². The molecule has 0 atom stereocenters. The summed E-state index contributed by atoms with van der Waals surface area (Å²) in [6.07, 6.45) is 0. The highest BCUT2D eigenvalue weighted by atomic mass is 19.3. The molecule has 0 spiro atoms. The predicted molar refractivity (Wildman–Crippen MR) is 53.8 cm³/mol. The second kappa shape index (κ2) is 3.97. The van der Waals surface area contributed by atoms with Crippen LogP contribution in [0.25, 0.3) is 0 Å². The summed E-state index contributed by atoms with van der Waals surface area (Å²) in [5, 5.41) is 0. The molecule has 0 aromatic heterocycles. The summed E-state index contributed by atoms with van der Waals surface area (Å²) < 4.78 is 78.8. The lowest BCUT2D eigenvalue weighted by atomic mass is 9.96. The summed E-state index contributed by atoms with van der Waals surface area (Å²) in [5.41, 5.74) is -0.641. The molecule has 108 valence electrons. The fourth-order valence-electron chi connectivity index (χ4n) is 1.65. The number of hydrogen-bond acceptors (Lipinski definition) is 2. The lowest BCUT2D eigenvalue weighted by Gasteiger charge is -2.40. The quantitative estimate of drug-likeness (QED) is 0.590. The third-order valence-electron chi connectivity index (χ3n) is 2.75. The summed E-state index contributed by atoms with van der Waals surface area (Å²) in [7, 11) is 0. The molecule has 9 heteroatoms. The highest BCUT2D eigenvalue weighted by Crippen LogP contribution is 2.51. The number of carbonyl (C=O) groups is 2. The smallest absolute Gasteiger partial charge is 0.267 e. The monoisotopic (exact) mass is 297 g/mol. The Morgan fingerprint density at radius 3 is 1.55 bits per heavy atom. The van der Waals surface area contributed by atoms with Gasteiger partial charge in [0, 0.05) is 0 Å². The average Bonchev–Trinajstić information content (AvgIpc) is 2.38. The van der Waals surface area contributed by atoms with E-state index in [1.807, 2.05) is 0 Å². The Hall–Kier alpha value is -2.06. The molecule has 1 aliphatic heterocycles. The van der Waals surface area contributed by atoms with Gasteiger partial charge >= 0.3 is 29.6 Å². The predicted octanol–water partition coefficient (Wildman–Crippen LogP) is 2.47. The maximum Gasteiger partial charge on any atom is 0.394 e. The van der Waals surface area contributed by atoms with Gasteiger partial charge in [-0.15, -0.1) is 0 Å². The highest BCUT2D eigenvalue weighted by molar-refractivity contribution is 6.22. The number of rotatable bonds is 1. The number of hydrogen-bond donors (Lipinski definition) is 0. The number of imide groups is 1. The first-order chi connectivity index (χ1) is 9.05. The van der Waals surface area contributed by atoms with Crippen molar-refractivity contribution in [2.24, 2.45) is 0 Å². The fourth-order valence-corrected chi connectivity index (χ4v) is 1.65. The summed E-state index contributed by atoms with van der Waals surface area (Å²) in [4.78, 5) is 22.0. The Balaban J connectivity index is 2.63. The molecule has 1 saturated heterocycles. The Bertz CT molecular complexity index is 542. The molecular weight excluding hydrogens is 292 g/mol. The number of amides is 2. The largest absolute Gasteiger partial charge is 0.394 e. The molecule has 2 rings (SSSR count). The number of halogens is 6. The van der Waals surface area contributed by atoms with Crippen LogP contribution in [0.3, 0.4) is 0 Å². The number of nitrogens with zero attached hydrogens (tertiary/aromatic N) is 1. The van der Waals surface area contributed by atoms with Crippen molar-refractivity contribution < 1.29 is 35.9 Å². The number of alkyl halides is 6. The van der Waals surface area contributed by atoms with Crippen molar-refractivity contribution in [2.75, 3.05) is 4.90 Å². The van der Waals surface area contributed by atoms with Gasteiger partial charge in [0.2, 0.25) is 0 Å². The molecule has 20 heavy (non-hydrogen) atoms. The van der Waals surface area contributed by atoms with Gasteiger partial charge in [-0.3, -0.25) is 9.59 Å². The van der Waals surface area contributed by atoms with E-state index in [0.717, 1.165) is 12.1 Å². The third-order valence-corrected chi connectivity index (χ3v) is 2.75. The second-order valence-electron chi connectivity index (χ2n) is 4.00. The molecule has 0 radical (unpaired) electrons. The second-order valence-corrected chi connectivity index (χ2v) is 4.00. The first kappa shape index (κ1) is 14.4. The van der Waals surface area contributed by atoms with Crippen molar-refractivity contribution in [3.8, 4) is 0 Å². The minimum Gasteiger partial charge on any atom is -0.267 e. The van der Waals surface area contributed by atoms with Crippen LogP contribution in [0, 0.1) is 0 Å². The van der Waals surface area contributed by atoms with Crippen LogP contribution in [0.15, 0.2) is 30.3 Å². The van der Waals surface area contributed by atoms with Crippen LogP contribution in [0.4, 0.5) is 32.0 Å². The molecule has 2 amide bonds. The number of para-hydroxylation sites is 1. The summed E-state index contributed by atoms with van der Waals surface area (Å²) in [5.74, 6) is -22.9. The highest BCUT2D eigenvalue weighted by Gasteiger charge is 2.83. The van der Waals surface area contributed by atoms with Crippen LogP contribution in [0.5, 0.6) is 0 Å². The molecular formula is C11H5F6NO2. The standard InChI is InChI=1S/C11H5F6NO2/c12-9(13)7(19)18(6-4-2-1-3-5-6)8(20)10(14,15)11(9,16)17/h1-5H. The molecule has 1 aliphatic rings. The van der Waals surface area contributed by atoms with E-state index in [1.54, 1.807) is 0 Å². The van der Waals surface area contributed by atoms with E-state index >= 15 is 0 Å². The van der Waals surface area contributed by atoms with Crippen LogP contribution in [-0.2, 0) is 9.59 Å². The van der Waals surface area contributed by atoms with Crippen molar-refractivity contribution >= 4 is 17.5 Å². The molecule has 0 aliphatic carbocycles. The minimum atomic E-state index is -6.08. The summed E-state index contributed by atoms with van der Waals surface area (Å²) >= 11 is 0. The van der Waals surface area contributed by atoms with Crippen molar-refractivity contribution in [3.05, 3.63) is 30.3 Å². The van der Waals surface area contributed by atoms with E-state index in [4.69, 9.17) is 0 Å². The van der Waals surface area contributed by atoms with Gasteiger partial charge in [0.15, 0.2) is 0 Å². The van der Waals surface area contributed by atoms with E-state index in [9.17, 15) is 35.9 Å². The maximum absolute atomic E-state index is 13.2. The lowest BCUT2D eigenvalue weighted by Crippen LogP contribution is -2.73. The van der Waals surface area contributed by atoms with Crippen molar-refractivity contribution in [1.82, 2.24) is 0 Å². The number of benzene rings is 1. The molecule has 0 unspecified atom stereocenters. The Kier molecular flexibility index (Phi) is 2.85. The van der Waals surface area contributed by atoms with Crippen LogP contribution >= 0.6 is 0 Å². The first-order valence-electron chi connectivity index (χ1n) is 5.12. The third kappa shape index (κ3) is 1.55. The van der Waals surface area contributed by atoms with Gasteiger partial charge in [-0.1, -0.05) is 18.2 Å². The zero-order valence-corrected chi connectivity index (χ0v) is 9.42. The van der Waals surface area contributed by atoms with E-state index in [1.165, 1.54) is 18.2 Å². The molecule has 3 nitrogen and oxygen atoms in total. The fraction of sp³-hybridized carbons (Fsp3) is 0.273. The number of carbonyl (C=O) groups excluding carboxylic acids is 2. The van der Waals surface area contributed by atoms with Gasteiger partial charge in [0.25, 0.3) is 0 Å². The number of anilines is 1. The molecule has 1 heterocycles. The van der Waals surface area contributed by atoms with Gasteiger partial charge in [-0.2, -0.15) is 26.3 Å². The molecule has 1 aromatic rings. The Morgan fingerprint density at radius 2 is 1.15 bits per heavy atom. The van der Waals surface area contributed by atoms with Crippen LogP contribution in [0.1, 0.15) is 0 Å². The summed E-state index contributed by atoms with van der Waals surface area (Å²) in [6.45, 7) is 0. The normalized spacial score (nSPS) is 23.8. The first-order valence-corrected chi connectivity index (χ1v) is 5.12. The Labute approximate surface area is 107 Å². The molecule has 1 fully saturated rings. The Morgan fingerprint density at radius 1 is 0.750 bits per heavy atom. The van der Waals surface area contributed by atoms with Gasteiger partial charge in [0.05, 0.1) is 5.69 Å². The van der Waals surface area contributed by atoms with Crippen molar-refractivity contribution in [2.45, 2.75) is 17.8 Å². The summed E-state index contributed by atoms with van der Waals surface area (Å²) in [6, 6.07) is 5.47. The van der Waals surface area contributed by atoms with Gasteiger partial charge in [-0.05, 0) is 12.1 Å². The van der Waals surface area contributed by atoms with Gasteiger partial charge in [-0.25, -0.2) is 4.90 Å². The molecule has 0 bridgehead atoms. The van der Waals surface area contributed by atoms with E-state index in [2.05, 4.69) is 0 Å². The number of piperidine rings is 1. The topological polar surface area (TPSA) is 37.4 Å².